The van der Waals surface area contributed by atoms with E-state index in [0.717, 1.165) is 12.1 Å². The Morgan fingerprint density at radius 1 is 1.30 bits per heavy atom. The molecule has 0 atom stereocenters. The molecule has 0 saturated carbocycles. The third-order valence-corrected chi connectivity index (χ3v) is 2.71. The molecule has 0 spiro atoms. The minimum absolute atomic E-state index is 0.103. The summed E-state index contributed by atoms with van der Waals surface area (Å²) in [6.07, 6.45) is -1.98. The highest BCUT2D eigenvalue weighted by Crippen LogP contribution is 2.33. The van der Waals surface area contributed by atoms with E-state index in [2.05, 4.69) is 5.10 Å². The van der Waals surface area contributed by atoms with Crippen molar-refractivity contribution >= 4 is 5.97 Å². The van der Waals surface area contributed by atoms with Gasteiger partial charge in [0.15, 0.2) is 0 Å². The maximum absolute atomic E-state index is 12.8. The van der Waals surface area contributed by atoms with Crippen molar-refractivity contribution in [1.29, 1.82) is 0 Å². The van der Waals surface area contributed by atoms with Gasteiger partial charge in [-0.3, -0.25) is 9.48 Å². The Morgan fingerprint density at radius 2 is 2.00 bits per heavy atom. The zero-order valence-corrected chi connectivity index (χ0v) is 10.5. The van der Waals surface area contributed by atoms with Gasteiger partial charge in [0.25, 0.3) is 0 Å². The summed E-state index contributed by atoms with van der Waals surface area (Å²) in [5.41, 5.74) is 0.0377. The van der Waals surface area contributed by atoms with Crippen LogP contribution in [0.2, 0.25) is 0 Å². The Labute approximate surface area is 112 Å². The summed E-state index contributed by atoms with van der Waals surface area (Å²) in [5, 5.41) is 12.6. The van der Waals surface area contributed by atoms with Crippen molar-refractivity contribution in [2.45, 2.75) is 12.6 Å². The average Bonchev–Trinajstić information content (AvgIpc) is 2.73. The van der Waals surface area contributed by atoms with Crippen molar-refractivity contribution in [3.05, 3.63) is 41.7 Å². The fourth-order valence-corrected chi connectivity index (χ4v) is 1.87. The highest BCUT2D eigenvalue weighted by molar-refractivity contribution is 5.72. The van der Waals surface area contributed by atoms with E-state index in [1.54, 1.807) is 13.2 Å². The number of rotatable bonds is 3. The fraction of sp³-hybridized carbons (Fsp3) is 0.231. The van der Waals surface area contributed by atoms with Crippen LogP contribution in [0.25, 0.3) is 11.1 Å². The van der Waals surface area contributed by atoms with Gasteiger partial charge in [0, 0.05) is 18.8 Å². The second-order valence-corrected chi connectivity index (χ2v) is 4.39. The van der Waals surface area contributed by atoms with E-state index in [1.807, 2.05) is 0 Å². The van der Waals surface area contributed by atoms with Crippen molar-refractivity contribution < 1.29 is 23.1 Å². The fourth-order valence-electron chi connectivity index (χ4n) is 1.87. The molecule has 0 aliphatic carbocycles. The van der Waals surface area contributed by atoms with Crippen LogP contribution in [0.3, 0.4) is 0 Å². The van der Waals surface area contributed by atoms with Crippen molar-refractivity contribution in [2.75, 3.05) is 0 Å². The zero-order chi connectivity index (χ0) is 14.9. The van der Waals surface area contributed by atoms with E-state index in [0.29, 0.717) is 11.1 Å². The van der Waals surface area contributed by atoms with Crippen LogP contribution in [0.5, 0.6) is 0 Å². The predicted molar refractivity (Wildman–Crippen MR) is 65.0 cm³/mol. The first kappa shape index (κ1) is 14.1. The molecule has 0 aliphatic rings. The molecule has 106 valence electrons. The number of benzene rings is 1. The van der Waals surface area contributed by atoms with Crippen molar-refractivity contribution in [2.24, 2.45) is 7.05 Å². The maximum Gasteiger partial charge on any atom is 0.416 e. The number of nitrogens with zero attached hydrogens (tertiary/aromatic N) is 2. The van der Waals surface area contributed by atoms with Gasteiger partial charge in [-0.1, -0.05) is 6.07 Å². The first-order valence-electron chi connectivity index (χ1n) is 5.67. The van der Waals surface area contributed by atoms with Crippen LogP contribution in [0.15, 0.2) is 30.6 Å². The summed E-state index contributed by atoms with van der Waals surface area (Å²) < 4.78 is 40.0. The van der Waals surface area contributed by atoms with E-state index >= 15 is 0 Å². The standard InChI is InChI=1S/C13H11F3N2O2/c1-18-7-10(6-17-18)9-2-8(4-12(19)20)3-11(5-9)13(14,15)16/h2-3,5-7H,4H2,1H3,(H,19,20). The summed E-state index contributed by atoms with van der Waals surface area (Å²) in [4.78, 5) is 10.7. The summed E-state index contributed by atoms with van der Waals surface area (Å²) in [6.45, 7) is 0. The first-order valence-corrected chi connectivity index (χ1v) is 5.67. The molecule has 0 unspecified atom stereocenters. The molecule has 2 aromatic rings. The van der Waals surface area contributed by atoms with Gasteiger partial charge >= 0.3 is 12.1 Å². The molecule has 20 heavy (non-hydrogen) atoms. The number of aryl methyl sites for hydroxylation is 1. The van der Waals surface area contributed by atoms with E-state index in [-0.39, 0.29) is 5.56 Å². The van der Waals surface area contributed by atoms with Crippen LogP contribution in [0.4, 0.5) is 13.2 Å². The highest BCUT2D eigenvalue weighted by atomic mass is 19.4. The predicted octanol–water partition coefficient (Wildman–Crippen LogP) is 2.73. The molecule has 0 fully saturated rings. The average molecular weight is 284 g/mol. The summed E-state index contributed by atoms with van der Waals surface area (Å²) in [6, 6.07) is 3.27. The molecular weight excluding hydrogens is 273 g/mol. The van der Waals surface area contributed by atoms with Crippen molar-refractivity contribution in [3.8, 4) is 11.1 Å². The zero-order valence-electron chi connectivity index (χ0n) is 10.5. The Kier molecular flexibility index (Phi) is 3.52. The van der Waals surface area contributed by atoms with Crippen LogP contribution < -0.4 is 0 Å². The molecule has 2 rings (SSSR count). The molecule has 0 radical (unpaired) electrons. The second-order valence-electron chi connectivity index (χ2n) is 4.39. The van der Waals surface area contributed by atoms with Crippen molar-refractivity contribution in [1.82, 2.24) is 9.78 Å². The lowest BCUT2D eigenvalue weighted by molar-refractivity contribution is -0.138. The number of aromatic nitrogens is 2. The van der Waals surface area contributed by atoms with Gasteiger partial charge in [-0.2, -0.15) is 18.3 Å². The largest absolute Gasteiger partial charge is 0.481 e. The van der Waals surface area contributed by atoms with Gasteiger partial charge in [-0.05, 0) is 23.3 Å². The van der Waals surface area contributed by atoms with Crippen LogP contribution in [0.1, 0.15) is 11.1 Å². The van der Waals surface area contributed by atoms with Gasteiger partial charge in [0.1, 0.15) is 0 Å². The first-order chi connectivity index (χ1) is 9.25. The molecule has 0 bridgehead atoms. The Bertz CT molecular complexity index is 647. The number of carbonyl (C=O) groups is 1. The van der Waals surface area contributed by atoms with E-state index in [4.69, 9.17) is 5.11 Å². The van der Waals surface area contributed by atoms with Crippen LogP contribution in [-0.4, -0.2) is 20.9 Å². The number of aliphatic carboxylic acids is 1. The third-order valence-electron chi connectivity index (χ3n) is 2.71. The molecule has 0 amide bonds. The molecule has 0 aliphatic heterocycles. The molecular formula is C13H11F3N2O2. The number of carboxylic acids is 1. The summed E-state index contributed by atoms with van der Waals surface area (Å²) in [7, 11) is 1.65. The van der Waals surface area contributed by atoms with Gasteiger partial charge in [-0.15, -0.1) is 0 Å². The van der Waals surface area contributed by atoms with Gasteiger partial charge in [0.2, 0.25) is 0 Å². The summed E-state index contributed by atoms with van der Waals surface area (Å²) >= 11 is 0. The number of carboxylic acid groups (broad SMARTS) is 1. The molecule has 4 nitrogen and oxygen atoms in total. The molecule has 1 heterocycles. The third kappa shape index (κ3) is 3.17. The van der Waals surface area contributed by atoms with Gasteiger partial charge in [0.05, 0.1) is 18.2 Å². The van der Waals surface area contributed by atoms with E-state index in [1.165, 1.54) is 16.9 Å². The number of halogens is 3. The molecule has 1 N–H and O–H groups in total. The quantitative estimate of drug-likeness (QED) is 0.942. The molecule has 0 saturated heterocycles. The van der Waals surface area contributed by atoms with Crippen LogP contribution in [-0.2, 0) is 24.4 Å². The topological polar surface area (TPSA) is 55.1 Å². The van der Waals surface area contributed by atoms with Gasteiger partial charge in [-0.25, -0.2) is 0 Å². The van der Waals surface area contributed by atoms with Crippen LogP contribution >= 0.6 is 0 Å². The lowest BCUT2D eigenvalue weighted by Gasteiger charge is -2.10. The summed E-state index contributed by atoms with van der Waals surface area (Å²) in [5.74, 6) is -1.18. The Balaban J connectivity index is 2.53. The Morgan fingerprint density at radius 3 is 2.50 bits per heavy atom. The van der Waals surface area contributed by atoms with Crippen LogP contribution in [0, 0.1) is 0 Å². The minimum atomic E-state index is -4.52. The van der Waals surface area contributed by atoms with E-state index in [9.17, 15) is 18.0 Å². The second kappa shape index (κ2) is 4.99. The monoisotopic (exact) mass is 284 g/mol. The molecule has 1 aromatic carbocycles. The van der Waals surface area contributed by atoms with Crippen molar-refractivity contribution in [3.63, 3.8) is 0 Å². The Hall–Kier alpha value is -2.31. The number of alkyl halides is 3. The number of hydrogen-bond donors (Lipinski definition) is 1. The maximum atomic E-state index is 12.8. The lowest BCUT2D eigenvalue weighted by atomic mass is 10.00. The smallest absolute Gasteiger partial charge is 0.416 e. The highest BCUT2D eigenvalue weighted by Gasteiger charge is 2.31. The minimum Gasteiger partial charge on any atom is -0.481 e. The number of hydrogen-bond acceptors (Lipinski definition) is 2. The lowest BCUT2D eigenvalue weighted by Crippen LogP contribution is -2.08. The molecule has 7 heteroatoms. The van der Waals surface area contributed by atoms with Gasteiger partial charge < -0.3 is 5.11 Å². The molecule has 1 aromatic heterocycles. The normalized spacial score (nSPS) is 11.6. The SMILES string of the molecule is Cn1cc(-c2cc(CC(=O)O)cc(C(F)(F)F)c2)cn1. The van der Waals surface area contributed by atoms with E-state index < -0.39 is 24.1 Å².